The van der Waals surface area contributed by atoms with Crippen molar-refractivity contribution in [2.75, 3.05) is 26.7 Å². The number of aliphatic hydroxyl groups is 6. The molecule has 0 aromatic carbocycles. The minimum atomic E-state index is -1.63. The van der Waals surface area contributed by atoms with Gasteiger partial charge in [0.1, 0.15) is 42.7 Å². The Hall–Kier alpha value is -0.0100. The molecule has 0 bridgehead atoms. The van der Waals surface area contributed by atoms with E-state index in [1.807, 2.05) is 18.9 Å². The number of carbonyl (C=O) groups is 1. The van der Waals surface area contributed by atoms with Gasteiger partial charge in [-0.1, -0.05) is 39.0 Å². The van der Waals surface area contributed by atoms with Crippen LogP contribution in [0.4, 0.5) is 0 Å². The largest absolute Gasteiger partial charge is 1.00 e. The smallest absolute Gasteiger partial charge is 0.547 e. The second-order valence-electron chi connectivity index (χ2n) is 12.5. The molecule has 1 aliphatic carbocycles. The summed E-state index contributed by atoms with van der Waals surface area (Å²) in [4.78, 5) is 14.0. The summed E-state index contributed by atoms with van der Waals surface area (Å²) in [7, 11) is 1.86. The quantitative estimate of drug-likeness (QED) is 0.124. The first-order chi connectivity index (χ1) is 19.9. The van der Waals surface area contributed by atoms with Crippen LogP contribution in [0.3, 0.4) is 0 Å². The molecule has 0 aromatic heterocycles. The minimum absolute atomic E-state index is 0. The summed E-state index contributed by atoms with van der Waals surface area (Å²) in [5.41, 5.74) is 0. The van der Waals surface area contributed by atoms with E-state index in [4.69, 9.17) is 23.7 Å². The number of hydrogen-bond acceptors (Lipinski definition) is 14. The number of aliphatic carboxylic acids is 1. The number of likely N-dealkylation sites (N-methyl/N-ethyl adjacent to an activating group) is 1. The molecule has 3 saturated heterocycles. The summed E-state index contributed by atoms with van der Waals surface area (Å²) >= 11 is 0. The Balaban J connectivity index is 0.00000506. The third kappa shape index (κ3) is 9.08. The van der Waals surface area contributed by atoms with Crippen LogP contribution < -0.4 is 34.7 Å². The third-order valence-electron chi connectivity index (χ3n) is 9.11. The summed E-state index contributed by atoms with van der Waals surface area (Å²) in [6, 6.07) is 0. The Morgan fingerprint density at radius 2 is 1.53 bits per heavy atom. The van der Waals surface area contributed by atoms with E-state index < -0.39 is 92.3 Å². The normalized spacial score (nSPS) is 44.0. The van der Waals surface area contributed by atoms with Crippen LogP contribution in [-0.4, -0.2) is 148 Å². The molecule has 4 rings (SSSR count). The second-order valence-corrected chi connectivity index (χ2v) is 12.5. The molecule has 4 fully saturated rings. The standard InChI is InChI=1S/C28H49NO13.Na/c1-13-10-29(3)11-17(24(13)42-27-22(34)21(33)19(31)14(2)38-27)40-28-23(35)25(20(32)18(12-30)41-28)39-16(26(36)37)9-15-7-5-4-6-8-15;/h13-25,27-28,30-35H,4-12H2,1-3H3,(H,36,37);/q;+1/p-1. The van der Waals surface area contributed by atoms with Gasteiger partial charge >= 0.3 is 29.6 Å². The monoisotopic (exact) mass is 629 g/mol. The number of ether oxygens (including phenoxy) is 5. The Morgan fingerprint density at radius 1 is 0.884 bits per heavy atom. The zero-order chi connectivity index (χ0) is 30.7. The van der Waals surface area contributed by atoms with Crippen molar-refractivity contribution in [3.63, 3.8) is 0 Å². The molecule has 244 valence electrons. The number of likely N-dealkylation sites (tertiary alicyclic amines) is 1. The molecule has 0 radical (unpaired) electrons. The summed E-state index contributed by atoms with van der Waals surface area (Å²) in [5, 5.41) is 74.8. The van der Waals surface area contributed by atoms with Crippen LogP contribution in [0.5, 0.6) is 0 Å². The van der Waals surface area contributed by atoms with Crippen molar-refractivity contribution in [1.82, 2.24) is 4.90 Å². The number of carboxylic acids is 1. The first-order valence-corrected chi connectivity index (χ1v) is 15.1. The van der Waals surface area contributed by atoms with E-state index >= 15 is 0 Å². The van der Waals surface area contributed by atoms with Gasteiger partial charge in [0.2, 0.25) is 0 Å². The Kier molecular flexibility index (Phi) is 14.5. The van der Waals surface area contributed by atoms with Crippen molar-refractivity contribution in [3.8, 4) is 0 Å². The predicted molar refractivity (Wildman–Crippen MR) is 141 cm³/mol. The SMILES string of the molecule is CC1CN(C)CC(OC2OC(CO)C(O)C(OC(CC3CCCCC3)C(=O)[O-])C2O)C1OC1OC(C)C(O)C(O)C1O.[Na+]. The van der Waals surface area contributed by atoms with Crippen LogP contribution in [0.25, 0.3) is 0 Å². The number of carbonyl (C=O) groups excluding carboxylic acids is 1. The van der Waals surface area contributed by atoms with E-state index in [1.165, 1.54) is 0 Å². The van der Waals surface area contributed by atoms with Gasteiger partial charge in [0.15, 0.2) is 12.6 Å². The number of hydrogen-bond donors (Lipinski definition) is 6. The average Bonchev–Trinajstić information content (AvgIpc) is 2.95. The molecule has 43 heavy (non-hydrogen) atoms. The zero-order valence-electron chi connectivity index (χ0n) is 25.5. The summed E-state index contributed by atoms with van der Waals surface area (Å²) < 4.78 is 29.5. The third-order valence-corrected chi connectivity index (χ3v) is 9.11. The minimum Gasteiger partial charge on any atom is -0.547 e. The molecule has 0 aromatic rings. The van der Waals surface area contributed by atoms with Crippen LogP contribution in [0.2, 0.25) is 0 Å². The van der Waals surface area contributed by atoms with Gasteiger partial charge in [-0.3, -0.25) is 0 Å². The van der Waals surface area contributed by atoms with Gasteiger partial charge in [-0.2, -0.15) is 0 Å². The van der Waals surface area contributed by atoms with Crippen LogP contribution in [-0.2, 0) is 28.5 Å². The molecule has 4 aliphatic rings. The average molecular weight is 630 g/mol. The van der Waals surface area contributed by atoms with E-state index in [9.17, 15) is 40.5 Å². The van der Waals surface area contributed by atoms with Crippen LogP contribution in [0.1, 0.15) is 52.4 Å². The molecule has 14 atom stereocenters. The van der Waals surface area contributed by atoms with Crippen LogP contribution in [0.15, 0.2) is 0 Å². The molecule has 6 N–H and O–H groups in total. The first kappa shape index (κ1) is 37.4. The molecule has 3 heterocycles. The van der Waals surface area contributed by atoms with Gasteiger partial charge in [0, 0.05) is 13.1 Å². The maximum absolute atomic E-state index is 12.0. The van der Waals surface area contributed by atoms with Gasteiger partial charge in [0.25, 0.3) is 0 Å². The van der Waals surface area contributed by atoms with Crippen molar-refractivity contribution in [2.45, 2.75) is 132 Å². The fourth-order valence-corrected chi connectivity index (χ4v) is 6.69. The van der Waals surface area contributed by atoms with Crippen molar-refractivity contribution in [3.05, 3.63) is 0 Å². The topological polar surface area (TPSA) is 211 Å². The maximum Gasteiger partial charge on any atom is 1.00 e. The maximum atomic E-state index is 12.0. The molecular formula is C28H48NNaO13. The Labute approximate surface area is 274 Å². The Bertz CT molecular complexity index is 869. The number of nitrogens with zero attached hydrogens (tertiary/aromatic N) is 1. The molecule has 14 unspecified atom stereocenters. The molecule has 3 aliphatic heterocycles. The summed E-state index contributed by atoms with van der Waals surface area (Å²) in [5.74, 6) is -1.52. The fraction of sp³-hybridized carbons (Fsp3) is 0.964. The molecule has 15 heteroatoms. The van der Waals surface area contributed by atoms with Gasteiger partial charge in [-0.15, -0.1) is 0 Å². The summed E-state index contributed by atoms with van der Waals surface area (Å²) in [6.07, 6.45) is -11.6. The first-order valence-electron chi connectivity index (χ1n) is 15.1. The van der Waals surface area contributed by atoms with Crippen molar-refractivity contribution >= 4 is 5.97 Å². The molecule has 14 nitrogen and oxygen atoms in total. The number of aliphatic hydroxyl groups excluding tert-OH is 6. The van der Waals surface area contributed by atoms with E-state index in [0.717, 1.165) is 32.1 Å². The number of rotatable bonds is 10. The Morgan fingerprint density at radius 3 is 2.16 bits per heavy atom. The van der Waals surface area contributed by atoms with Crippen molar-refractivity contribution < 1.29 is 93.8 Å². The van der Waals surface area contributed by atoms with E-state index in [1.54, 1.807) is 6.92 Å². The van der Waals surface area contributed by atoms with Crippen molar-refractivity contribution in [1.29, 1.82) is 0 Å². The van der Waals surface area contributed by atoms with E-state index in [0.29, 0.717) is 13.1 Å². The van der Waals surface area contributed by atoms with Gasteiger partial charge < -0.3 is 69.1 Å². The van der Waals surface area contributed by atoms with Gasteiger partial charge in [-0.05, 0) is 32.2 Å². The van der Waals surface area contributed by atoms with Gasteiger partial charge in [-0.25, -0.2) is 0 Å². The predicted octanol–water partition coefficient (Wildman–Crippen LogP) is -5.92. The summed E-state index contributed by atoms with van der Waals surface area (Å²) in [6.45, 7) is 3.67. The molecular weight excluding hydrogens is 581 g/mol. The van der Waals surface area contributed by atoms with E-state index in [-0.39, 0.29) is 47.8 Å². The molecule has 1 saturated carbocycles. The number of piperidine rings is 1. The number of carboxylic acid groups (broad SMARTS) is 1. The van der Waals surface area contributed by atoms with E-state index in [2.05, 4.69) is 0 Å². The second kappa shape index (κ2) is 16.7. The fourth-order valence-electron chi connectivity index (χ4n) is 6.69. The molecule has 0 spiro atoms. The van der Waals surface area contributed by atoms with Crippen molar-refractivity contribution in [2.24, 2.45) is 11.8 Å². The molecule has 0 amide bonds. The van der Waals surface area contributed by atoms with Crippen LogP contribution >= 0.6 is 0 Å². The van der Waals surface area contributed by atoms with Crippen LogP contribution in [0, 0.1) is 11.8 Å². The van der Waals surface area contributed by atoms with Gasteiger partial charge in [0.05, 0.1) is 37.0 Å². The zero-order valence-corrected chi connectivity index (χ0v) is 27.5.